The maximum absolute atomic E-state index is 9.81. The fraction of sp³-hybridized carbons (Fsp3) is 0.917. The lowest BCUT2D eigenvalue weighted by Crippen LogP contribution is -2.41. The van der Waals surface area contributed by atoms with Crippen LogP contribution in [0.5, 0.6) is 0 Å². The summed E-state index contributed by atoms with van der Waals surface area (Å²) >= 11 is 0. The van der Waals surface area contributed by atoms with Crippen LogP contribution in [0.15, 0.2) is 12.3 Å². The molecule has 0 spiro atoms. The van der Waals surface area contributed by atoms with E-state index in [0.29, 0.717) is 0 Å². The summed E-state index contributed by atoms with van der Waals surface area (Å²) in [6, 6.07) is 0. The molecule has 1 saturated heterocycles. The molecule has 0 aromatic heterocycles. The minimum atomic E-state index is -1.01. The minimum absolute atomic E-state index is 0.0778. The van der Waals surface area contributed by atoms with E-state index in [0.717, 1.165) is 12.8 Å². The first-order valence-electron chi connectivity index (χ1n) is 12.1. The van der Waals surface area contributed by atoms with E-state index in [2.05, 4.69) is 6.92 Å². The molecule has 29 heavy (non-hydrogen) atoms. The number of aliphatic hydroxyl groups excluding tert-OH is 3. The van der Waals surface area contributed by atoms with Crippen LogP contribution in [0.2, 0.25) is 0 Å². The summed E-state index contributed by atoms with van der Waals surface area (Å²) < 4.78 is 10.8. The predicted molar refractivity (Wildman–Crippen MR) is 118 cm³/mol. The molecule has 0 aliphatic carbocycles. The molecule has 5 heteroatoms. The average Bonchev–Trinajstić information content (AvgIpc) is 3.06. The molecule has 0 bridgehead atoms. The van der Waals surface area contributed by atoms with Gasteiger partial charge in [-0.2, -0.15) is 0 Å². The summed E-state index contributed by atoms with van der Waals surface area (Å²) in [5.41, 5.74) is 0. The molecule has 3 N–H and O–H groups in total. The molecule has 4 atom stereocenters. The van der Waals surface area contributed by atoms with Gasteiger partial charge in [0.2, 0.25) is 0 Å². The summed E-state index contributed by atoms with van der Waals surface area (Å²) in [5, 5.41) is 28.7. The van der Waals surface area contributed by atoms with Crippen molar-refractivity contribution in [3.63, 3.8) is 0 Å². The lowest BCUT2D eigenvalue weighted by atomic mass is 10.0. The Morgan fingerprint density at radius 2 is 1.38 bits per heavy atom. The van der Waals surface area contributed by atoms with Gasteiger partial charge in [0.05, 0.1) is 19.5 Å². The number of allylic oxidation sites excluding steroid dienone is 1. The van der Waals surface area contributed by atoms with E-state index >= 15 is 0 Å². The Morgan fingerprint density at radius 3 is 1.83 bits per heavy atom. The first-order valence-corrected chi connectivity index (χ1v) is 12.1. The van der Waals surface area contributed by atoms with Crippen molar-refractivity contribution in [1.29, 1.82) is 0 Å². The standard InChI is InChI=1S/C24H46O5/c1-2-3-4-5-6-7-8-9-10-11-12-13-14-15-16-17-18-28-22(19-25)24-23(27)21(26)20-29-24/h17-18,21-27H,2-16,19-20H2,1H3/b18-17+/t21-,22+,23-,24-/m0/s1. The summed E-state index contributed by atoms with van der Waals surface area (Å²) in [5.74, 6) is 0. The predicted octanol–water partition coefficient (Wildman–Crippen LogP) is 4.87. The zero-order valence-corrected chi connectivity index (χ0v) is 18.6. The quantitative estimate of drug-likeness (QED) is 0.208. The Morgan fingerprint density at radius 1 is 0.862 bits per heavy atom. The highest BCUT2D eigenvalue weighted by Gasteiger charge is 2.40. The Balaban J connectivity index is 1.87. The first-order chi connectivity index (χ1) is 14.2. The fourth-order valence-corrected chi connectivity index (χ4v) is 3.86. The Bertz CT molecular complexity index is 387. The van der Waals surface area contributed by atoms with Gasteiger partial charge in [0.25, 0.3) is 0 Å². The molecule has 1 heterocycles. The first kappa shape index (κ1) is 26.4. The number of ether oxygens (including phenoxy) is 2. The summed E-state index contributed by atoms with van der Waals surface area (Å²) in [6.07, 6.45) is 20.2. The van der Waals surface area contributed by atoms with Crippen LogP contribution >= 0.6 is 0 Å². The van der Waals surface area contributed by atoms with Crippen molar-refractivity contribution < 1.29 is 24.8 Å². The van der Waals surface area contributed by atoms with Crippen LogP contribution in [0.1, 0.15) is 103 Å². The third-order valence-corrected chi connectivity index (χ3v) is 5.81. The topological polar surface area (TPSA) is 79.2 Å². The van der Waals surface area contributed by atoms with Crippen LogP contribution < -0.4 is 0 Å². The molecular weight excluding hydrogens is 368 g/mol. The van der Waals surface area contributed by atoms with Gasteiger partial charge < -0.3 is 24.8 Å². The van der Waals surface area contributed by atoms with Crippen molar-refractivity contribution in [3.05, 3.63) is 12.3 Å². The summed E-state index contributed by atoms with van der Waals surface area (Å²) in [6.45, 7) is 2.10. The van der Waals surface area contributed by atoms with E-state index in [-0.39, 0.29) is 13.2 Å². The second-order valence-corrected chi connectivity index (χ2v) is 8.47. The van der Waals surface area contributed by atoms with Crippen molar-refractivity contribution >= 4 is 0 Å². The monoisotopic (exact) mass is 414 g/mol. The third kappa shape index (κ3) is 12.6. The molecule has 0 saturated carbocycles. The lowest BCUT2D eigenvalue weighted by molar-refractivity contribution is -0.0737. The van der Waals surface area contributed by atoms with Crippen molar-refractivity contribution in [2.45, 2.75) is 128 Å². The SMILES string of the molecule is CCCCCCCCCCCCCCCC/C=C/O[C@H](CO)[C@@H]1OC[C@H](O)[C@@H]1O. The van der Waals surface area contributed by atoms with E-state index < -0.39 is 24.4 Å². The second kappa shape index (κ2) is 18.2. The van der Waals surface area contributed by atoms with E-state index in [1.54, 1.807) is 6.26 Å². The average molecular weight is 415 g/mol. The molecule has 172 valence electrons. The van der Waals surface area contributed by atoms with Crippen LogP contribution in [-0.4, -0.2) is 52.9 Å². The molecular formula is C24H46O5. The van der Waals surface area contributed by atoms with Gasteiger partial charge >= 0.3 is 0 Å². The number of rotatable bonds is 19. The van der Waals surface area contributed by atoms with E-state index in [9.17, 15) is 15.3 Å². The number of hydrogen-bond donors (Lipinski definition) is 3. The van der Waals surface area contributed by atoms with Gasteiger partial charge in [-0.1, -0.05) is 90.4 Å². The zero-order valence-electron chi connectivity index (χ0n) is 18.6. The normalized spacial score (nSPS) is 23.1. The lowest BCUT2D eigenvalue weighted by Gasteiger charge is -2.23. The largest absolute Gasteiger partial charge is 0.493 e. The molecule has 1 rings (SSSR count). The van der Waals surface area contributed by atoms with Gasteiger partial charge in [-0.3, -0.25) is 0 Å². The molecule has 1 fully saturated rings. The van der Waals surface area contributed by atoms with E-state index in [1.807, 2.05) is 6.08 Å². The van der Waals surface area contributed by atoms with Crippen LogP contribution in [0, 0.1) is 0 Å². The van der Waals surface area contributed by atoms with Crippen LogP contribution in [0.4, 0.5) is 0 Å². The van der Waals surface area contributed by atoms with Gasteiger partial charge in [0, 0.05) is 0 Å². The maximum atomic E-state index is 9.81. The zero-order chi connectivity index (χ0) is 21.2. The molecule has 1 aliphatic heterocycles. The molecule has 0 amide bonds. The van der Waals surface area contributed by atoms with Crippen molar-refractivity contribution in [2.24, 2.45) is 0 Å². The second-order valence-electron chi connectivity index (χ2n) is 8.47. The Labute approximate surface area is 178 Å². The smallest absolute Gasteiger partial charge is 0.149 e. The molecule has 0 aromatic rings. The van der Waals surface area contributed by atoms with Gasteiger partial charge in [-0.15, -0.1) is 0 Å². The number of unbranched alkanes of at least 4 members (excludes halogenated alkanes) is 14. The molecule has 5 nitrogen and oxygen atoms in total. The summed E-state index contributed by atoms with van der Waals surface area (Å²) in [7, 11) is 0. The van der Waals surface area contributed by atoms with Gasteiger partial charge in [0.15, 0.2) is 0 Å². The van der Waals surface area contributed by atoms with Crippen molar-refractivity contribution in [2.75, 3.05) is 13.2 Å². The third-order valence-electron chi connectivity index (χ3n) is 5.81. The highest BCUT2D eigenvalue weighted by atomic mass is 16.6. The van der Waals surface area contributed by atoms with Gasteiger partial charge in [0.1, 0.15) is 24.4 Å². The van der Waals surface area contributed by atoms with Gasteiger partial charge in [-0.25, -0.2) is 0 Å². The maximum Gasteiger partial charge on any atom is 0.149 e. The van der Waals surface area contributed by atoms with Crippen LogP contribution in [0.25, 0.3) is 0 Å². The summed E-state index contributed by atoms with van der Waals surface area (Å²) in [4.78, 5) is 0. The van der Waals surface area contributed by atoms with Crippen LogP contribution in [0.3, 0.4) is 0 Å². The Kier molecular flexibility index (Phi) is 16.6. The molecule has 0 radical (unpaired) electrons. The molecule has 0 aromatic carbocycles. The minimum Gasteiger partial charge on any atom is -0.493 e. The van der Waals surface area contributed by atoms with E-state index in [4.69, 9.17) is 9.47 Å². The van der Waals surface area contributed by atoms with Crippen molar-refractivity contribution in [3.8, 4) is 0 Å². The fourth-order valence-electron chi connectivity index (χ4n) is 3.86. The highest BCUT2D eigenvalue weighted by molar-refractivity contribution is 4.90. The Hall–Kier alpha value is -0.620. The van der Waals surface area contributed by atoms with E-state index in [1.165, 1.54) is 83.5 Å². The van der Waals surface area contributed by atoms with Crippen LogP contribution in [-0.2, 0) is 9.47 Å². The highest BCUT2D eigenvalue weighted by Crippen LogP contribution is 2.20. The number of aliphatic hydroxyl groups is 3. The van der Waals surface area contributed by atoms with Gasteiger partial charge in [-0.05, 0) is 18.9 Å². The molecule has 0 unspecified atom stereocenters. The molecule has 1 aliphatic rings. The number of hydrogen-bond acceptors (Lipinski definition) is 5. The van der Waals surface area contributed by atoms with Crippen molar-refractivity contribution in [1.82, 2.24) is 0 Å².